The van der Waals surface area contributed by atoms with Crippen molar-refractivity contribution < 1.29 is 14.1 Å². The molecule has 124 valence electrons. The normalized spacial score (nSPS) is 10.7. The quantitative estimate of drug-likeness (QED) is 0.763. The van der Waals surface area contributed by atoms with Crippen LogP contribution in [0.15, 0.2) is 21.1 Å². The molecule has 0 bridgehead atoms. The zero-order chi connectivity index (χ0) is 17.0. The smallest absolute Gasteiger partial charge is 0.224 e. The third-order valence-corrected chi connectivity index (χ3v) is 4.16. The molecule has 0 atom stereocenters. The number of amides is 1. The molecular formula is C16H18BrClN2O3. The molecule has 0 unspecified atom stereocenters. The van der Waals surface area contributed by atoms with Crippen LogP contribution in [0.25, 0.3) is 0 Å². The van der Waals surface area contributed by atoms with Gasteiger partial charge in [-0.15, -0.1) is 0 Å². The lowest BCUT2D eigenvalue weighted by Crippen LogP contribution is -2.14. The Morgan fingerprint density at radius 1 is 1.43 bits per heavy atom. The minimum Gasteiger partial charge on any atom is -0.491 e. The van der Waals surface area contributed by atoms with Crippen molar-refractivity contribution in [3.8, 4) is 5.75 Å². The monoisotopic (exact) mass is 400 g/mol. The van der Waals surface area contributed by atoms with E-state index in [1.54, 1.807) is 12.1 Å². The predicted molar refractivity (Wildman–Crippen MR) is 93.2 cm³/mol. The first-order valence-electron chi connectivity index (χ1n) is 7.25. The number of carbonyl (C=O) groups is 1. The molecule has 1 aromatic heterocycles. The minimum absolute atomic E-state index is 0.125. The van der Waals surface area contributed by atoms with Crippen molar-refractivity contribution in [3.63, 3.8) is 0 Å². The van der Waals surface area contributed by atoms with Crippen molar-refractivity contribution in [2.24, 2.45) is 0 Å². The Balaban J connectivity index is 2.08. The summed E-state index contributed by atoms with van der Waals surface area (Å²) >= 11 is 9.45. The molecule has 1 heterocycles. The van der Waals surface area contributed by atoms with Crippen molar-refractivity contribution in [1.82, 2.24) is 5.16 Å². The van der Waals surface area contributed by atoms with E-state index in [2.05, 4.69) is 26.4 Å². The van der Waals surface area contributed by atoms with Crippen LogP contribution in [0.3, 0.4) is 0 Å². The van der Waals surface area contributed by atoms with E-state index in [-0.39, 0.29) is 5.91 Å². The van der Waals surface area contributed by atoms with E-state index in [9.17, 15) is 4.79 Å². The fraction of sp³-hybridized carbons (Fsp3) is 0.375. The maximum absolute atomic E-state index is 12.2. The average Bonchev–Trinajstić information content (AvgIpc) is 2.79. The summed E-state index contributed by atoms with van der Waals surface area (Å²) in [5, 5.41) is 7.25. The highest BCUT2D eigenvalue weighted by Gasteiger charge is 2.15. The Hall–Kier alpha value is -1.53. The maximum atomic E-state index is 12.2. The lowest BCUT2D eigenvalue weighted by molar-refractivity contribution is -0.116. The third kappa shape index (κ3) is 4.48. The fourth-order valence-corrected chi connectivity index (χ4v) is 3.18. The van der Waals surface area contributed by atoms with Crippen LogP contribution < -0.4 is 10.1 Å². The van der Waals surface area contributed by atoms with Gasteiger partial charge in [0.15, 0.2) is 5.75 Å². The highest BCUT2D eigenvalue weighted by Crippen LogP contribution is 2.36. The maximum Gasteiger partial charge on any atom is 0.224 e. The molecule has 0 aliphatic heterocycles. The summed E-state index contributed by atoms with van der Waals surface area (Å²) in [6, 6.07) is 3.40. The van der Waals surface area contributed by atoms with Crippen LogP contribution in [0, 0.1) is 13.8 Å². The molecule has 0 spiro atoms. The summed E-state index contributed by atoms with van der Waals surface area (Å²) in [6.07, 6.45) is 0.886. The van der Waals surface area contributed by atoms with Crippen LogP contribution in [0.4, 0.5) is 5.69 Å². The van der Waals surface area contributed by atoms with Gasteiger partial charge < -0.3 is 14.6 Å². The molecule has 5 nitrogen and oxygen atoms in total. The third-order valence-electron chi connectivity index (χ3n) is 3.35. The van der Waals surface area contributed by atoms with Crippen molar-refractivity contribution >= 4 is 39.1 Å². The summed E-state index contributed by atoms with van der Waals surface area (Å²) in [6.45, 7) is 6.08. The number of aromatic nitrogens is 1. The van der Waals surface area contributed by atoms with Gasteiger partial charge in [0.1, 0.15) is 5.76 Å². The second-order valence-corrected chi connectivity index (χ2v) is 6.34. The molecule has 1 amide bonds. The second kappa shape index (κ2) is 7.84. The van der Waals surface area contributed by atoms with Crippen LogP contribution >= 0.6 is 27.5 Å². The number of halogens is 2. The molecule has 2 rings (SSSR count). The first-order valence-corrected chi connectivity index (χ1v) is 8.43. The number of hydrogen-bond donors (Lipinski definition) is 1. The van der Waals surface area contributed by atoms with Gasteiger partial charge in [-0.05, 0) is 55.3 Å². The zero-order valence-electron chi connectivity index (χ0n) is 13.2. The van der Waals surface area contributed by atoms with E-state index in [0.29, 0.717) is 40.4 Å². The van der Waals surface area contributed by atoms with E-state index in [4.69, 9.17) is 20.9 Å². The number of ether oxygens (including phenoxy) is 1. The molecule has 0 aliphatic rings. The van der Waals surface area contributed by atoms with Crippen LogP contribution in [0.5, 0.6) is 5.75 Å². The van der Waals surface area contributed by atoms with Crippen molar-refractivity contribution in [2.75, 3.05) is 11.9 Å². The van der Waals surface area contributed by atoms with Gasteiger partial charge in [0.25, 0.3) is 0 Å². The summed E-state index contributed by atoms with van der Waals surface area (Å²) < 4.78 is 11.4. The minimum atomic E-state index is -0.125. The summed E-state index contributed by atoms with van der Waals surface area (Å²) in [5.74, 6) is 1.19. The second-order valence-electron chi connectivity index (χ2n) is 5.05. The van der Waals surface area contributed by atoms with Crippen LogP contribution in [0.2, 0.25) is 5.02 Å². The first kappa shape index (κ1) is 17.8. The van der Waals surface area contributed by atoms with Gasteiger partial charge in [-0.1, -0.05) is 16.8 Å². The van der Waals surface area contributed by atoms with Crippen LogP contribution in [0.1, 0.15) is 30.4 Å². The number of aryl methyl sites for hydroxylation is 2. The topological polar surface area (TPSA) is 64.4 Å². The number of benzene rings is 1. The number of rotatable bonds is 6. The van der Waals surface area contributed by atoms with E-state index in [1.807, 2.05) is 20.8 Å². The molecule has 23 heavy (non-hydrogen) atoms. The van der Waals surface area contributed by atoms with Gasteiger partial charge in [0.2, 0.25) is 5.91 Å². The average molecular weight is 402 g/mol. The molecule has 0 radical (unpaired) electrons. The van der Waals surface area contributed by atoms with E-state index >= 15 is 0 Å². The van der Waals surface area contributed by atoms with Gasteiger partial charge in [-0.3, -0.25) is 4.79 Å². The van der Waals surface area contributed by atoms with Gasteiger partial charge in [-0.25, -0.2) is 0 Å². The van der Waals surface area contributed by atoms with Gasteiger partial charge in [0.05, 0.1) is 22.5 Å². The Morgan fingerprint density at radius 2 is 2.17 bits per heavy atom. The number of carbonyl (C=O) groups excluding carboxylic acids is 1. The number of hydrogen-bond acceptors (Lipinski definition) is 4. The van der Waals surface area contributed by atoms with E-state index in [0.717, 1.165) is 17.0 Å². The zero-order valence-corrected chi connectivity index (χ0v) is 15.5. The molecule has 1 N–H and O–H groups in total. The molecular weight excluding hydrogens is 384 g/mol. The van der Waals surface area contributed by atoms with Gasteiger partial charge >= 0.3 is 0 Å². The van der Waals surface area contributed by atoms with E-state index < -0.39 is 0 Å². The highest BCUT2D eigenvalue weighted by molar-refractivity contribution is 9.10. The summed E-state index contributed by atoms with van der Waals surface area (Å²) in [7, 11) is 0. The summed E-state index contributed by atoms with van der Waals surface area (Å²) in [4.78, 5) is 12.2. The molecule has 0 saturated carbocycles. The van der Waals surface area contributed by atoms with Crippen LogP contribution in [-0.4, -0.2) is 17.7 Å². The molecule has 0 saturated heterocycles. The molecule has 2 aromatic rings. The standard InChI is InChI=1S/C16H18BrClN2O3/c1-4-22-16-13(17)7-11(18)8-14(16)19-15(21)6-5-12-9(2)20-23-10(12)3/h7-8H,4-6H2,1-3H3,(H,19,21). The number of nitrogens with one attached hydrogen (secondary N) is 1. The molecule has 7 heteroatoms. The van der Waals surface area contributed by atoms with Crippen molar-refractivity contribution in [1.29, 1.82) is 0 Å². The SMILES string of the molecule is CCOc1c(Br)cc(Cl)cc1NC(=O)CCc1c(C)noc1C. The largest absolute Gasteiger partial charge is 0.491 e. The predicted octanol–water partition coefficient (Wildman–Crippen LogP) is 4.68. The number of anilines is 1. The molecule has 0 aliphatic carbocycles. The Kier molecular flexibility index (Phi) is 6.07. The van der Waals surface area contributed by atoms with Gasteiger partial charge in [0, 0.05) is 17.0 Å². The molecule has 1 aromatic carbocycles. The van der Waals surface area contributed by atoms with Crippen molar-refractivity contribution in [3.05, 3.63) is 38.6 Å². The van der Waals surface area contributed by atoms with Crippen LogP contribution in [-0.2, 0) is 11.2 Å². The number of nitrogens with zero attached hydrogens (tertiary/aromatic N) is 1. The Labute approximate surface area is 148 Å². The molecule has 0 fully saturated rings. The fourth-order valence-electron chi connectivity index (χ4n) is 2.25. The Morgan fingerprint density at radius 3 is 2.78 bits per heavy atom. The van der Waals surface area contributed by atoms with E-state index in [1.165, 1.54) is 0 Å². The lowest BCUT2D eigenvalue weighted by Gasteiger charge is -2.14. The highest BCUT2D eigenvalue weighted by atomic mass is 79.9. The van der Waals surface area contributed by atoms with Gasteiger partial charge in [-0.2, -0.15) is 0 Å². The van der Waals surface area contributed by atoms with Crippen molar-refractivity contribution in [2.45, 2.75) is 33.6 Å². The first-order chi connectivity index (χ1) is 10.9. The Bertz CT molecular complexity index is 696. The lowest BCUT2D eigenvalue weighted by atomic mass is 10.1. The summed E-state index contributed by atoms with van der Waals surface area (Å²) in [5.41, 5.74) is 2.34.